The summed E-state index contributed by atoms with van der Waals surface area (Å²) in [5.74, 6) is -1.04. The first-order valence-electron chi connectivity index (χ1n) is 6.02. The molecule has 2 bridgehead atoms. The van der Waals surface area contributed by atoms with Crippen LogP contribution in [0.5, 0.6) is 0 Å². The molecule has 5 heteroatoms. The predicted octanol–water partition coefficient (Wildman–Crippen LogP) is 1.86. The van der Waals surface area contributed by atoms with E-state index in [2.05, 4.69) is 0 Å². The third-order valence-corrected chi connectivity index (χ3v) is 3.40. The second-order valence-electron chi connectivity index (χ2n) is 5.94. The lowest BCUT2D eigenvalue weighted by Crippen LogP contribution is -2.64. The van der Waals surface area contributed by atoms with E-state index in [-0.39, 0.29) is 24.1 Å². The maximum atomic E-state index is 11.9. The molecule has 3 aliphatic rings. The van der Waals surface area contributed by atoms with Crippen LogP contribution in [-0.4, -0.2) is 39.8 Å². The van der Waals surface area contributed by atoms with Crippen molar-refractivity contribution in [3.63, 3.8) is 0 Å². The quantitative estimate of drug-likeness (QED) is 0.761. The highest BCUT2D eigenvalue weighted by molar-refractivity contribution is 5.73. The first-order valence-corrected chi connectivity index (χ1v) is 6.02. The number of piperidine rings is 1. The average Bonchev–Trinajstić information content (AvgIpc) is 2.14. The van der Waals surface area contributed by atoms with Crippen molar-refractivity contribution >= 4 is 12.1 Å². The highest BCUT2D eigenvalue weighted by Gasteiger charge is 2.50. The molecule has 0 spiro atoms. The number of carbonyl (C=O) groups excluding carboxylic acids is 1. The number of amides is 1. The van der Waals surface area contributed by atoms with E-state index in [4.69, 9.17) is 9.84 Å². The van der Waals surface area contributed by atoms with Crippen LogP contribution < -0.4 is 0 Å². The van der Waals surface area contributed by atoms with Crippen molar-refractivity contribution in [2.75, 3.05) is 0 Å². The van der Waals surface area contributed by atoms with Crippen LogP contribution in [0.15, 0.2) is 0 Å². The number of aliphatic carboxylic acids is 1. The minimum atomic E-state index is -0.747. The van der Waals surface area contributed by atoms with E-state index in [1.54, 1.807) is 4.90 Å². The van der Waals surface area contributed by atoms with E-state index >= 15 is 0 Å². The predicted molar refractivity (Wildman–Crippen MR) is 60.6 cm³/mol. The highest BCUT2D eigenvalue weighted by atomic mass is 16.6. The number of rotatable bonds is 1. The molecule has 96 valence electrons. The summed E-state index contributed by atoms with van der Waals surface area (Å²) >= 11 is 0. The van der Waals surface area contributed by atoms with Gasteiger partial charge in [-0.3, -0.25) is 4.79 Å². The van der Waals surface area contributed by atoms with Gasteiger partial charge in [0.05, 0.1) is 5.92 Å². The lowest BCUT2D eigenvalue weighted by atomic mass is 9.74. The van der Waals surface area contributed by atoms with Gasteiger partial charge in [0, 0.05) is 12.1 Å². The second-order valence-corrected chi connectivity index (χ2v) is 5.94. The lowest BCUT2D eigenvalue weighted by Gasteiger charge is -2.54. The summed E-state index contributed by atoms with van der Waals surface area (Å²) < 4.78 is 5.31. The molecule has 0 aromatic heterocycles. The van der Waals surface area contributed by atoms with Crippen LogP contribution >= 0.6 is 0 Å². The molecule has 1 N–H and O–H groups in total. The number of carbonyl (C=O) groups is 2. The van der Waals surface area contributed by atoms with Crippen LogP contribution in [0.25, 0.3) is 0 Å². The first kappa shape index (κ1) is 12.2. The van der Waals surface area contributed by atoms with E-state index in [0.29, 0.717) is 12.8 Å². The summed E-state index contributed by atoms with van der Waals surface area (Å²) in [6, 6.07) is 0.120. The van der Waals surface area contributed by atoms with Gasteiger partial charge in [0.25, 0.3) is 0 Å². The molecule has 5 nitrogen and oxygen atoms in total. The zero-order chi connectivity index (χ0) is 12.8. The summed E-state index contributed by atoms with van der Waals surface area (Å²) in [6.07, 6.45) is 1.74. The van der Waals surface area contributed by atoms with Gasteiger partial charge in [-0.15, -0.1) is 0 Å². The molecule has 1 saturated carbocycles. The lowest BCUT2D eigenvalue weighted by molar-refractivity contribution is -0.149. The van der Waals surface area contributed by atoms with Gasteiger partial charge < -0.3 is 14.7 Å². The van der Waals surface area contributed by atoms with E-state index in [1.165, 1.54) is 0 Å². The van der Waals surface area contributed by atoms with Crippen molar-refractivity contribution < 1.29 is 19.4 Å². The van der Waals surface area contributed by atoms with Crippen LogP contribution in [0.3, 0.4) is 0 Å². The molecule has 3 rings (SSSR count). The van der Waals surface area contributed by atoms with Gasteiger partial charge >= 0.3 is 12.1 Å². The molecule has 2 unspecified atom stereocenters. The standard InChI is InChI=1S/C12H19NO4/c1-12(2,3)17-11(16)13-8-4-7(10(14)15)5-9(13)6-8/h7-9H,4-6H2,1-3H3,(H,14,15). The minimum Gasteiger partial charge on any atom is -0.481 e. The fraction of sp³-hybridized carbons (Fsp3) is 0.833. The average molecular weight is 241 g/mol. The zero-order valence-electron chi connectivity index (χ0n) is 10.5. The number of fused-ring (bicyclic) bond motifs is 2. The van der Waals surface area contributed by atoms with Crippen LogP contribution in [0.2, 0.25) is 0 Å². The Balaban J connectivity index is 1.95. The Morgan fingerprint density at radius 3 is 2.12 bits per heavy atom. The fourth-order valence-corrected chi connectivity index (χ4v) is 2.69. The Kier molecular flexibility index (Phi) is 2.79. The Labute approximate surface area is 101 Å². The van der Waals surface area contributed by atoms with Gasteiger partial charge in [0.15, 0.2) is 0 Å². The number of carboxylic acids is 1. The number of hydrogen-bond donors (Lipinski definition) is 1. The Morgan fingerprint density at radius 1 is 1.18 bits per heavy atom. The van der Waals surface area contributed by atoms with Gasteiger partial charge in [-0.1, -0.05) is 0 Å². The molecule has 3 fully saturated rings. The third-order valence-electron chi connectivity index (χ3n) is 3.40. The van der Waals surface area contributed by atoms with E-state index in [9.17, 15) is 9.59 Å². The van der Waals surface area contributed by atoms with Crippen molar-refractivity contribution in [3.05, 3.63) is 0 Å². The van der Waals surface area contributed by atoms with Crippen LogP contribution in [-0.2, 0) is 9.53 Å². The third kappa shape index (κ3) is 2.37. The normalized spacial score (nSPS) is 31.7. The van der Waals surface area contributed by atoms with Gasteiger partial charge in [-0.25, -0.2) is 4.79 Å². The number of hydrogen-bond acceptors (Lipinski definition) is 3. The monoisotopic (exact) mass is 241 g/mol. The molecular weight excluding hydrogens is 222 g/mol. The molecule has 2 heterocycles. The highest BCUT2D eigenvalue weighted by Crippen LogP contribution is 2.42. The summed E-state index contributed by atoms with van der Waals surface area (Å²) in [7, 11) is 0. The molecule has 2 saturated heterocycles. The summed E-state index contributed by atoms with van der Waals surface area (Å²) in [4.78, 5) is 24.5. The van der Waals surface area contributed by atoms with Crippen molar-refractivity contribution in [2.45, 2.75) is 57.7 Å². The molecule has 1 aliphatic carbocycles. The van der Waals surface area contributed by atoms with Crippen LogP contribution in [0, 0.1) is 5.92 Å². The van der Waals surface area contributed by atoms with Gasteiger partial charge in [-0.05, 0) is 40.0 Å². The van der Waals surface area contributed by atoms with Crippen LogP contribution in [0.1, 0.15) is 40.0 Å². The fourth-order valence-electron chi connectivity index (χ4n) is 2.69. The summed E-state index contributed by atoms with van der Waals surface area (Å²) in [5.41, 5.74) is -0.493. The zero-order valence-corrected chi connectivity index (χ0v) is 10.5. The molecule has 2 atom stereocenters. The summed E-state index contributed by atoms with van der Waals surface area (Å²) in [5, 5.41) is 8.95. The van der Waals surface area contributed by atoms with E-state index in [0.717, 1.165) is 6.42 Å². The number of carboxylic acid groups (broad SMARTS) is 1. The summed E-state index contributed by atoms with van der Waals surface area (Å²) in [6.45, 7) is 5.50. The minimum absolute atomic E-state index is 0.0599. The van der Waals surface area contributed by atoms with Gasteiger partial charge in [-0.2, -0.15) is 0 Å². The Bertz CT molecular complexity index is 335. The maximum absolute atomic E-state index is 11.9. The Morgan fingerprint density at radius 2 is 1.71 bits per heavy atom. The van der Waals surface area contributed by atoms with Crippen molar-refractivity contribution in [1.29, 1.82) is 0 Å². The van der Waals surface area contributed by atoms with Crippen molar-refractivity contribution in [1.82, 2.24) is 4.90 Å². The second kappa shape index (κ2) is 3.89. The smallest absolute Gasteiger partial charge is 0.410 e. The first-order chi connectivity index (χ1) is 7.78. The maximum Gasteiger partial charge on any atom is 0.410 e. The van der Waals surface area contributed by atoms with Gasteiger partial charge in [0.2, 0.25) is 0 Å². The van der Waals surface area contributed by atoms with Crippen LogP contribution in [0.4, 0.5) is 4.79 Å². The molecule has 2 aliphatic heterocycles. The molecular formula is C12H19NO4. The Hall–Kier alpha value is -1.26. The van der Waals surface area contributed by atoms with E-state index < -0.39 is 11.6 Å². The van der Waals surface area contributed by atoms with Gasteiger partial charge in [0.1, 0.15) is 5.60 Å². The molecule has 0 radical (unpaired) electrons. The number of nitrogens with zero attached hydrogens (tertiary/aromatic N) is 1. The molecule has 1 amide bonds. The molecule has 0 aromatic rings. The molecule has 0 aromatic carbocycles. The van der Waals surface area contributed by atoms with E-state index in [1.807, 2.05) is 20.8 Å². The molecule has 17 heavy (non-hydrogen) atoms. The topological polar surface area (TPSA) is 66.8 Å². The van der Waals surface area contributed by atoms with Crippen molar-refractivity contribution in [2.24, 2.45) is 5.92 Å². The largest absolute Gasteiger partial charge is 0.481 e. The number of ether oxygens (including phenoxy) is 1. The van der Waals surface area contributed by atoms with Crippen molar-refractivity contribution in [3.8, 4) is 0 Å². The SMILES string of the molecule is CC(C)(C)OC(=O)N1C2CC(C(=O)O)CC1C2.